The molecule has 1 aromatic heterocycles. The van der Waals surface area contributed by atoms with Gasteiger partial charge in [-0.3, -0.25) is 4.79 Å². The fourth-order valence-corrected chi connectivity index (χ4v) is 2.18. The molecule has 0 saturated carbocycles. The lowest BCUT2D eigenvalue weighted by Crippen LogP contribution is -2.25. The number of fused-ring (bicyclic) bond motifs is 1. The first-order valence-corrected chi connectivity index (χ1v) is 6.49. The van der Waals surface area contributed by atoms with Crippen LogP contribution in [0.5, 0.6) is 0 Å². The molecule has 0 spiro atoms. The molecule has 5 nitrogen and oxygen atoms in total. The molecule has 5 heteroatoms. The third-order valence-electron chi connectivity index (χ3n) is 3.03. The van der Waals surface area contributed by atoms with Gasteiger partial charge in [-0.2, -0.15) is 0 Å². The first-order chi connectivity index (χ1) is 8.99. The summed E-state index contributed by atoms with van der Waals surface area (Å²) in [6, 6.07) is 5.75. The average molecular weight is 260 g/mol. The molecular formula is C14H20N4O. The highest BCUT2D eigenvalue weighted by molar-refractivity contribution is 5.79. The standard InChI is InChI=1S/C14H20N4O/c1-9(2)14-17-12-8-11(15)4-5-13(12)18(14)7-6-16-10(3)19/h4-5,8-9H,6-7,15H2,1-3H3,(H,16,19). The van der Waals surface area contributed by atoms with Gasteiger partial charge in [0.1, 0.15) is 5.82 Å². The molecule has 0 atom stereocenters. The smallest absolute Gasteiger partial charge is 0.216 e. The maximum Gasteiger partial charge on any atom is 0.216 e. The van der Waals surface area contributed by atoms with Crippen molar-refractivity contribution in [3.63, 3.8) is 0 Å². The van der Waals surface area contributed by atoms with Crippen molar-refractivity contribution in [2.24, 2.45) is 0 Å². The van der Waals surface area contributed by atoms with E-state index in [-0.39, 0.29) is 5.91 Å². The minimum atomic E-state index is -0.0141. The maximum absolute atomic E-state index is 10.9. The third kappa shape index (κ3) is 2.86. The van der Waals surface area contributed by atoms with Crippen molar-refractivity contribution < 1.29 is 4.79 Å². The number of carbonyl (C=O) groups is 1. The fourth-order valence-electron chi connectivity index (χ4n) is 2.18. The van der Waals surface area contributed by atoms with E-state index in [0.717, 1.165) is 16.9 Å². The summed E-state index contributed by atoms with van der Waals surface area (Å²) in [5.74, 6) is 1.33. The molecule has 1 aromatic carbocycles. The Kier molecular flexibility index (Phi) is 3.74. The van der Waals surface area contributed by atoms with Gasteiger partial charge >= 0.3 is 0 Å². The number of nitrogens with one attached hydrogen (secondary N) is 1. The summed E-state index contributed by atoms with van der Waals surface area (Å²) in [4.78, 5) is 15.6. The zero-order chi connectivity index (χ0) is 14.0. The summed E-state index contributed by atoms with van der Waals surface area (Å²) < 4.78 is 2.15. The Balaban J connectivity index is 2.37. The van der Waals surface area contributed by atoms with Crippen LogP contribution in [0.25, 0.3) is 11.0 Å². The summed E-state index contributed by atoms with van der Waals surface area (Å²) in [5, 5.41) is 2.81. The van der Waals surface area contributed by atoms with Crippen LogP contribution in [0.2, 0.25) is 0 Å². The van der Waals surface area contributed by atoms with Gasteiger partial charge in [0.2, 0.25) is 5.91 Å². The second-order valence-electron chi connectivity index (χ2n) is 5.01. The molecule has 0 bridgehead atoms. The Morgan fingerprint density at radius 1 is 1.47 bits per heavy atom. The Morgan fingerprint density at radius 2 is 2.21 bits per heavy atom. The fraction of sp³-hybridized carbons (Fsp3) is 0.429. The lowest BCUT2D eigenvalue weighted by molar-refractivity contribution is -0.118. The molecule has 0 radical (unpaired) electrons. The number of nitrogens with zero attached hydrogens (tertiary/aromatic N) is 2. The summed E-state index contributed by atoms with van der Waals surface area (Å²) in [5.41, 5.74) is 8.48. The molecule has 0 aliphatic heterocycles. The summed E-state index contributed by atoms with van der Waals surface area (Å²) in [6.45, 7) is 7.06. The number of imidazole rings is 1. The highest BCUT2D eigenvalue weighted by Gasteiger charge is 2.13. The molecule has 0 saturated heterocycles. The summed E-state index contributed by atoms with van der Waals surface area (Å²) in [6.07, 6.45) is 0. The molecule has 19 heavy (non-hydrogen) atoms. The van der Waals surface area contributed by atoms with Crippen molar-refractivity contribution in [2.45, 2.75) is 33.2 Å². The lowest BCUT2D eigenvalue weighted by atomic mass is 10.2. The first kappa shape index (κ1) is 13.4. The van der Waals surface area contributed by atoms with Crippen molar-refractivity contribution in [3.05, 3.63) is 24.0 Å². The van der Waals surface area contributed by atoms with Crippen molar-refractivity contribution in [1.29, 1.82) is 0 Å². The van der Waals surface area contributed by atoms with Crippen LogP contribution in [0.3, 0.4) is 0 Å². The molecule has 102 valence electrons. The van der Waals surface area contributed by atoms with E-state index in [0.29, 0.717) is 24.7 Å². The molecule has 2 aromatic rings. The predicted molar refractivity (Wildman–Crippen MR) is 76.9 cm³/mol. The number of anilines is 1. The minimum Gasteiger partial charge on any atom is -0.399 e. The van der Waals surface area contributed by atoms with Crippen LogP contribution in [-0.4, -0.2) is 22.0 Å². The monoisotopic (exact) mass is 260 g/mol. The molecule has 3 N–H and O–H groups in total. The van der Waals surface area contributed by atoms with Gasteiger partial charge in [0.25, 0.3) is 0 Å². The zero-order valence-corrected chi connectivity index (χ0v) is 11.6. The highest BCUT2D eigenvalue weighted by Crippen LogP contribution is 2.23. The van der Waals surface area contributed by atoms with E-state index in [1.807, 2.05) is 18.2 Å². The molecule has 0 aliphatic carbocycles. The number of nitrogen functional groups attached to an aromatic ring is 1. The Labute approximate surface area is 112 Å². The number of hydrogen-bond acceptors (Lipinski definition) is 3. The van der Waals surface area contributed by atoms with E-state index in [1.165, 1.54) is 6.92 Å². The number of aromatic nitrogens is 2. The van der Waals surface area contributed by atoms with E-state index in [9.17, 15) is 4.79 Å². The largest absolute Gasteiger partial charge is 0.399 e. The quantitative estimate of drug-likeness (QED) is 0.824. The van der Waals surface area contributed by atoms with Crippen LogP contribution in [-0.2, 0) is 11.3 Å². The van der Waals surface area contributed by atoms with Gasteiger partial charge in [-0.05, 0) is 18.2 Å². The molecular weight excluding hydrogens is 240 g/mol. The van der Waals surface area contributed by atoms with Gasteiger partial charge in [-0.15, -0.1) is 0 Å². The number of carbonyl (C=O) groups excluding carboxylic acids is 1. The minimum absolute atomic E-state index is 0.0141. The van der Waals surface area contributed by atoms with Crippen LogP contribution in [0.4, 0.5) is 5.69 Å². The highest BCUT2D eigenvalue weighted by atomic mass is 16.1. The molecule has 0 aliphatic rings. The van der Waals surface area contributed by atoms with Crippen LogP contribution in [0, 0.1) is 0 Å². The van der Waals surface area contributed by atoms with Crippen molar-refractivity contribution >= 4 is 22.6 Å². The summed E-state index contributed by atoms with van der Waals surface area (Å²) >= 11 is 0. The molecule has 0 unspecified atom stereocenters. The number of nitrogens with two attached hydrogens (primary N) is 1. The van der Waals surface area contributed by atoms with Crippen LogP contribution < -0.4 is 11.1 Å². The Bertz CT molecular complexity index is 601. The normalized spacial score (nSPS) is 11.2. The Morgan fingerprint density at radius 3 is 2.84 bits per heavy atom. The number of rotatable bonds is 4. The first-order valence-electron chi connectivity index (χ1n) is 6.49. The maximum atomic E-state index is 10.9. The lowest BCUT2D eigenvalue weighted by Gasteiger charge is -2.11. The summed E-state index contributed by atoms with van der Waals surface area (Å²) in [7, 11) is 0. The van der Waals surface area contributed by atoms with E-state index in [4.69, 9.17) is 5.73 Å². The second kappa shape index (κ2) is 5.30. The SMILES string of the molecule is CC(=O)NCCn1c(C(C)C)nc2cc(N)ccc21. The molecule has 1 amide bonds. The zero-order valence-electron chi connectivity index (χ0n) is 11.6. The Hall–Kier alpha value is -2.04. The van der Waals surface area contributed by atoms with Crippen LogP contribution in [0.15, 0.2) is 18.2 Å². The van der Waals surface area contributed by atoms with Gasteiger partial charge in [0.15, 0.2) is 0 Å². The number of benzene rings is 1. The van der Waals surface area contributed by atoms with E-state index in [2.05, 4.69) is 28.7 Å². The number of amides is 1. The third-order valence-corrected chi connectivity index (χ3v) is 3.03. The van der Waals surface area contributed by atoms with Gasteiger partial charge in [0, 0.05) is 31.6 Å². The van der Waals surface area contributed by atoms with E-state index in [1.54, 1.807) is 0 Å². The van der Waals surface area contributed by atoms with Gasteiger partial charge in [-0.1, -0.05) is 13.8 Å². The molecule has 1 heterocycles. The van der Waals surface area contributed by atoms with Crippen LogP contribution in [0.1, 0.15) is 32.5 Å². The van der Waals surface area contributed by atoms with E-state index < -0.39 is 0 Å². The average Bonchev–Trinajstić information content (AvgIpc) is 2.67. The second-order valence-corrected chi connectivity index (χ2v) is 5.01. The van der Waals surface area contributed by atoms with Crippen molar-refractivity contribution in [3.8, 4) is 0 Å². The predicted octanol–water partition coefficient (Wildman–Crippen LogP) is 1.88. The van der Waals surface area contributed by atoms with Crippen molar-refractivity contribution in [1.82, 2.24) is 14.9 Å². The van der Waals surface area contributed by atoms with Gasteiger partial charge in [-0.25, -0.2) is 4.98 Å². The van der Waals surface area contributed by atoms with Gasteiger partial charge < -0.3 is 15.6 Å². The molecule has 0 fully saturated rings. The number of hydrogen-bond donors (Lipinski definition) is 2. The molecule has 2 rings (SSSR count). The van der Waals surface area contributed by atoms with E-state index >= 15 is 0 Å². The topological polar surface area (TPSA) is 72.9 Å². The van der Waals surface area contributed by atoms with Crippen LogP contribution >= 0.6 is 0 Å². The van der Waals surface area contributed by atoms with Gasteiger partial charge in [0.05, 0.1) is 11.0 Å². The van der Waals surface area contributed by atoms with Crippen molar-refractivity contribution in [2.75, 3.05) is 12.3 Å².